The van der Waals surface area contributed by atoms with Crippen molar-refractivity contribution >= 4 is 0 Å². The van der Waals surface area contributed by atoms with Crippen LogP contribution in [0.3, 0.4) is 0 Å². The Hall–Kier alpha value is 1.01. The Morgan fingerprint density at radius 2 is 1.44 bits per heavy atom. The van der Waals surface area contributed by atoms with Gasteiger partial charge >= 0.3 is 80.0 Å². The molecular formula is C2H3KMnNO4. The molecule has 0 saturated carbocycles. The van der Waals surface area contributed by atoms with Gasteiger partial charge in [0, 0.05) is 6.92 Å². The summed E-state index contributed by atoms with van der Waals surface area (Å²) < 4.78 is 34.3. The van der Waals surface area contributed by atoms with E-state index in [4.69, 9.17) is 21.0 Å². The summed E-state index contributed by atoms with van der Waals surface area (Å²) in [6.07, 6.45) is 0. The summed E-state index contributed by atoms with van der Waals surface area (Å²) in [7, 11) is 0. The number of rotatable bonds is 0. The third-order valence-electron chi connectivity index (χ3n) is 0. The van der Waals surface area contributed by atoms with E-state index in [1.54, 1.807) is 6.07 Å². The van der Waals surface area contributed by atoms with Crippen LogP contribution in [-0.2, 0) is 24.5 Å². The van der Waals surface area contributed by atoms with Crippen LogP contribution in [0.4, 0.5) is 0 Å². The van der Waals surface area contributed by atoms with Gasteiger partial charge in [-0.3, -0.25) is 0 Å². The second-order valence-corrected chi connectivity index (χ2v) is 1.78. The molecule has 0 aliphatic rings. The molecule has 48 valence electrons. The minimum atomic E-state index is -5.62. The number of hydrogen-bond donors (Lipinski definition) is 0. The molecule has 0 unspecified atom stereocenters. The van der Waals surface area contributed by atoms with Crippen molar-refractivity contribution < 1.29 is 80.0 Å². The normalized spacial score (nSPS) is 7.22. The van der Waals surface area contributed by atoms with Gasteiger partial charge in [0.15, 0.2) is 0 Å². The average Bonchev–Trinajstić information content (AvgIpc) is 1.27. The number of hydrogen-bond acceptors (Lipinski definition) is 5. The van der Waals surface area contributed by atoms with Crippen molar-refractivity contribution in [2.45, 2.75) is 6.92 Å². The van der Waals surface area contributed by atoms with Crippen LogP contribution in [0, 0.1) is 11.3 Å². The Kier molecular flexibility index (Phi) is 16.5. The van der Waals surface area contributed by atoms with Gasteiger partial charge in [-0.05, 0) is 0 Å². The SMILES string of the molecule is CC#N.[K+].[O]=[Mn](=[O])(=[O])[O-]. The summed E-state index contributed by atoms with van der Waals surface area (Å²) in [5, 5.41) is 7.32. The van der Waals surface area contributed by atoms with Crippen LogP contribution in [0.15, 0.2) is 0 Å². The molecule has 0 amide bonds. The van der Waals surface area contributed by atoms with E-state index in [-0.39, 0.29) is 51.4 Å². The van der Waals surface area contributed by atoms with Gasteiger partial charge in [0.25, 0.3) is 0 Å². The summed E-state index contributed by atoms with van der Waals surface area (Å²) in [4.78, 5) is 0. The molecule has 0 rings (SSSR count). The monoisotopic (exact) mass is 199 g/mol. The molecule has 0 aliphatic heterocycles. The second kappa shape index (κ2) is 9.01. The van der Waals surface area contributed by atoms with Crippen molar-refractivity contribution in [1.29, 1.82) is 5.26 Å². The van der Waals surface area contributed by atoms with Crippen molar-refractivity contribution in [2.24, 2.45) is 0 Å². The van der Waals surface area contributed by atoms with Gasteiger partial charge in [0.05, 0.1) is 6.07 Å². The molecule has 0 atom stereocenters. The van der Waals surface area contributed by atoms with Crippen molar-refractivity contribution in [3.63, 3.8) is 0 Å². The average molecular weight is 199 g/mol. The third-order valence-corrected chi connectivity index (χ3v) is 0. The Labute approximate surface area is 96.6 Å². The summed E-state index contributed by atoms with van der Waals surface area (Å²) in [5.74, 6) is 0. The maximum atomic E-state index is 8.58. The molecule has 0 fully saturated rings. The zero-order valence-corrected chi connectivity index (χ0v) is 9.26. The molecule has 0 spiro atoms. The van der Waals surface area contributed by atoms with Crippen LogP contribution in [0.1, 0.15) is 6.92 Å². The Balaban J connectivity index is -0.0000000800. The Morgan fingerprint density at radius 3 is 1.44 bits per heavy atom. The van der Waals surface area contributed by atoms with Gasteiger partial charge in [-0.25, -0.2) is 0 Å². The van der Waals surface area contributed by atoms with Crippen LogP contribution in [0.2, 0.25) is 0 Å². The van der Waals surface area contributed by atoms with E-state index in [0.29, 0.717) is 0 Å². The van der Waals surface area contributed by atoms with Crippen LogP contribution in [-0.4, -0.2) is 0 Å². The summed E-state index contributed by atoms with van der Waals surface area (Å²) >= 11 is -5.62. The number of nitriles is 1. The molecule has 7 heteroatoms. The molecule has 0 bridgehead atoms. The van der Waals surface area contributed by atoms with Gasteiger partial charge in [0.1, 0.15) is 0 Å². The molecule has 0 aromatic heterocycles. The molecule has 0 N–H and O–H groups in total. The van der Waals surface area contributed by atoms with Crippen molar-refractivity contribution in [1.82, 2.24) is 0 Å². The van der Waals surface area contributed by atoms with Crippen molar-refractivity contribution in [3.05, 3.63) is 0 Å². The fourth-order valence-electron chi connectivity index (χ4n) is 0. The van der Waals surface area contributed by atoms with Crippen LogP contribution < -0.4 is 55.6 Å². The molecular weight excluding hydrogens is 196 g/mol. The first kappa shape index (κ1) is 16.5. The molecule has 9 heavy (non-hydrogen) atoms. The summed E-state index contributed by atoms with van der Waals surface area (Å²) in [6, 6.07) is 1.75. The minimum absolute atomic E-state index is 0. The number of nitrogens with zero attached hydrogens (tertiary/aromatic N) is 1. The van der Waals surface area contributed by atoms with Crippen molar-refractivity contribution in [2.75, 3.05) is 0 Å². The van der Waals surface area contributed by atoms with Gasteiger partial charge in [-0.15, -0.1) is 0 Å². The quantitative estimate of drug-likeness (QED) is 0.370. The van der Waals surface area contributed by atoms with Crippen LogP contribution in [0.25, 0.3) is 0 Å². The fourth-order valence-corrected chi connectivity index (χ4v) is 0. The summed E-state index contributed by atoms with van der Waals surface area (Å²) in [6.45, 7) is 1.43. The first-order chi connectivity index (χ1) is 3.41. The predicted molar refractivity (Wildman–Crippen MR) is 13.3 cm³/mol. The van der Waals surface area contributed by atoms with E-state index in [2.05, 4.69) is 0 Å². The Bertz CT molecular complexity index is 202. The molecule has 0 heterocycles. The third kappa shape index (κ3) is 437. The van der Waals surface area contributed by atoms with Gasteiger partial charge in [-0.2, -0.15) is 5.26 Å². The van der Waals surface area contributed by atoms with E-state index >= 15 is 0 Å². The van der Waals surface area contributed by atoms with E-state index in [0.717, 1.165) is 0 Å². The van der Waals surface area contributed by atoms with Gasteiger partial charge < -0.3 is 0 Å². The standard InChI is InChI=1S/C2H3N.K.Mn.4O/c1-2-3;;;;;;/h1H3;;;;;;/q;+1;;;;;-1. The molecule has 0 aromatic carbocycles. The van der Waals surface area contributed by atoms with Gasteiger partial charge in [-0.1, -0.05) is 0 Å². The van der Waals surface area contributed by atoms with E-state index in [9.17, 15) is 0 Å². The fraction of sp³-hybridized carbons (Fsp3) is 0.500. The second-order valence-electron chi connectivity index (χ2n) is 0.602. The molecule has 0 saturated heterocycles. The van der Waals surface area contributed by atoms with E-state index in [1.807, 2.05) is 0 Å². The maximum absolute atomic E-state index is 8.58. The van der Waals surface area contributed by atoms with Crippen molar-refractivity contribution in [3.8, 4) is 6.07 Å². The van der Waals surface area contributed by atoms with Crippen LogP contribution >= 0.6 is 0 Å². The predicted octanol–water partition coefficient (Wildman–Crippen LogP) is -4.01. The van der Waals surface area contributed by atoms with E-state index in [1.165, 1.54) is 6.92 Å². The molecule has 0 aromatic rings. The Morgan fingerprint density at radius 1 is 1.44 bits per heavy atom. The molecule has 0 aliphatic carbocycles. The first-order valence-corrected chi connectivity index (χ1v) is 3.27. The topological polar surface area (TPSA) is 98.1 Å². The zero-order chi connectivity index (χ0) is 7.21. The first-order valence-electron chi connectivity index (χ1n) is 1.34. The molecule has 0 radical (unpaired) electrons. The van der Waals surface area contributed by atoms with Crippen LogP contribution in [0.5, 0.6) is 0 Å². The zero-order valence-electron chi connectivity index (χ0n) is 4.96. The van der Waals surface area contributed by atoms with E-state index < -0.39 is 13.0 Å². The summed E-state index contributed by atoms with van der Waals surface area (Å²) in [5.41, 5.74) is 0. The van der Waals surface area contributed by atoms with Gasteiger partial charge in [0.2, 0.25) is 0 Å². The molecule has 5 nitrogen and oxygen atoms in total.